The van der Waals surface area contributed by atoms with Crippen LogP contribution in [-0.4, -0.2) is 17.3 Å². The molecule has 5 heteroatoms. The molecule has 4 nitrogen and oxygen atoms in total. The fourth-order valence-corrected chi connectivity index (χ4v) is 3.71. The Labute approximate surface area is 126 Å². The van der Waals surface area contributed by atoms with Crippen molar-refractivity contribution < 1.29 is 4.74 Å². The first-order chi connectivity index (χ1) is 9.70. The van der Waals surface area contributed by atoms with E-state index in [-0.39, 0.29) is 0 Å². The van der Waals surface area contributed by atoms with Crippen molar-refractivity contribution in [3.05, 3.63) is 27.7 Å². The van der Waals surface area contributed by atoms with Crippen LogP contribution >= 0.6 is 15.9 Å². The van der Waals surface area contributed by atoms with E-state index in [9.17, 15) is 0 Å². The van der Waals surface area contributed by atoms with Crippen LogP contribution in [0.25, 0.3) is 11.3 Å². The molecule has 1 aromatic carbocycles. The summed E-state index contributed by atoms with van der Waals surface area (Å²) in [6.45, 7) is 0. The lowest BCUT2D eigenvalue weighted by Gasteiger charge is -2.16. The lowest BCUT2D eigenvalue weighted by Crippen LogP contribution is -1.99. The van der Waals surface area contributed by atoms with Crippen LogP contribution in [-0.2, 0) is 12.8 Å². The number of rotatable bonds is 2. The Morgan fingerprint density at radius 3 is 2.75 bits per heavy atom. The number of ether oxygens (including phenoxy) is 1. The van der Waals surface area contributed by atoms with Crippen LogP contribution in [0.3, 0.4) is 0 Å². The largest absolute Gasteiger partial charge is 0.495 e. The highest BCUT2D eigenvalue weighted by Gasteiger charge is 2.20. The van der Waals surface area contributed by atoms with E-state index in [0.717, 1.165) is 34.3 Å². The number of anilines is 1. The molecule has 0 radical (unpaired) electrons. The van der Waals surface area contributed by atoms with E-state index in [1.165, 1.54) is 30.4 Å². The standard InChI is InChI=1S/C15H18BrN3O/c1-20-15-11(12-8-13(17)19-18-12)7-9-5-3-2-4-6-10(9)14(15)16/h7-8H,2-6H2,1H3,(H3,17,18,19). The van der Waals surface area contributed by atoms with Gasteiger partial charge in [0, 0.05) is 11.6 Å². The lowest BCUT2D eigenvalue weighted by molar-refractivity contribution is 0.413. The number of benzene rings is 1. The van der Waals surface area contributed by atoms with E-state index in [2.05, 4.69) is 32.2 Å². The van der Waals surface area contributed by atoms with Gasteiger partial charge in [-0.2, -0.15) is 5.10 Å². The summed E-state index contributed by atoms with van der Waals surface area (Å²) in [5, 5.41) is 6.98. The highest BCUT2D eigenvalue weighted by Crippen LogP contribution is 2.42. The van der Waals surface area contributed by atoms with Gasteiger partial charge in [-0.15, -0.1) is 0 Å². The van der Waals surface area contributed by atoms with Gasteiger partial charge in [0.2, 0.25) is 0 Å². The van der Waals surface area contributed by atoms with Crippen molar-refractivity contribution in [1.29, 1.82) is 0 Å². The number of aryl methyl sites for hydroxylation is 1. The third-order valence-electron chi connectivity index (χ3n) is 3.88. The first-order valence-electron chi connectivity index (χ1n) is 6.90. The van der Waals surface area contributed by atoms with Crippen LogP contribution in [0.1, 0.15) is 30.4 Å². The summed E-state index contributed by atoms with van der Waals surface area (Å²) < 4.78 is 6.68. The van der Waals surface area contributed by atoms with Gasteiger partial charge in [-0.3, -0.25) is 5.10 Å². The summed E-state index contributed by atoms with van der Waals surface area (Å²) >= 11 is 3.73. The van der Waals surface area contributed by atoms with Crippen molar-refractivity contribution in [2.75, 3.05) is 12.8 Å². The molecule has 0 atom stereocenters. The van der Waals surface area contributed by atoms with Gasteiger partial charge in [-0.05, 0) is 58.8 Å². The number of nitrogen functional groups attached to an aromatic ring is 1. The Hall–Kier alpha value is -1.49. The van der Waals surface area contributed by atoms with Gasteiger partial charge in [0.15, 0.2) is 0 Å². The molecule has 0 saturated heterocycles. The fourth-order valence-electron chi connectivity index (χ4n) is 2.89. The van der Waals surface area contributed by atoms with Crippen LogP contribution in [0.2, 0.25) is 0 Å². The number of methoxy groups -OCH3 is 1. The molecule has 0 unspecified atom stereocenters. The minimum Gasteiger partial charge on any atom is -0.495 e. The van der Waals surface area contributed by atoms with Crippen molar-refractivity contribution in [2.45, 2.75) is 32.1 Å². The SMILES string of the molecule is COc1c(-c2cc(N)n[nH]2)cc2c(c1Br)CCCCC2. The number of hydrogen-bond acceptors (Lipinski definition) is 3. The Morgan fingerprint density at radius 1 is 1.25 bits per heavy atom. The van der Waals surface area contributed by atoms with Gasteiger partial charge < -0.3 is 10.5 Å². The van der Waals surface area contributed by atoms with E-state index >= 15 is 0 Å². The molecular weight excluding hydrogens is 318 g/mol. The van der Waals surface area contributed by atoms with E-state index in [1.807, 2.05) is 6.07 Å². The summed E-state index contributed by atoms with van der Waals surface area (Å²) in [6, 6.07) is 4.06. The van der Waals surface area contributed by atoms with Gasteiger partial charge in [0.1, 0.15) is 11.6 Å². The van der Waals surface area contributed by atoms with Gasteiger partial charge in [-0.25, -0.2) is 0 Å². The number of aromatic nitrogens is 2. The molecule has 1 aliphatic rings. The number of nitrogens with one attached hydrogen (secondary N) is 1. The lowest BCUT2D eigenvalue weighted by atomic mass is 9.97. The average molecular weight is 336 g/mol. The topological polar surface area (TPSA) is 63.9 Å². The Bertz CT molecular complexity index is 636. The van der Waals surface area contributed by atoms with Gasteiger partial charge >= 0.3 is 0 Å². The number of fused-ring (bicyclic) bond motifs is 1. The number of nitrogens with zero attached hydrogens (tertiary/aromatic N) is 1. The summed E-state index contributed by atoms with van der Waals surface area (Å²) in [7, 11) is 1.70. The zero-order chi connectivity index (χ0) is 14.1. The van der Waals surface area contributed by atoms with E-state index in [0.29, 0.717) is 5.82 Å². The second kappa shape index (κ2) is 5.48. The molecule has 1 heterocycles. The van der Waals surface area contributed by atoms with Crippen LogP contribution in [0.4, 0.5) is 5.82 Å². The highest BCUT2D eigenvalue weighted by atomic mass is 79.9. The van der Waals surface area contributed by atoms with Crippen molar-refractivity contribution in [1.82, 2.24) is 10.2 Å². The zero-order valence-electron chi connectivity index (χ0n) is 11.5. The molecule has 1 aromatic heterocycles. The van der Waals surface area contributed by atoms with Gasteiger partial charge in [0.25, 0.3) is 0 Å². The highest BCUT2D eigenvalue weighted by molar-refractivity contribution is 9.10. The Balaban J connectivity index is 2.19. The molecule has 0 spiro atoms. The minimum absolute atomic E-state index is 0.494. The molecule has 0 aliphatic heterocycles. The third-order valence-corrected chi connectivity index (χ3v) is 4.72. The smallest absolute Gasteiger partial charge is 0.145 e. The molecule has 3 N–H and O–H groups in total. The van der Waals surface area contributed by atoms with E-state index < -0.39 is 0 Å². The van der Waals surface area contributed by atoms with Crippen LogP contribution in [0.15, 0.2) is 16.6 Å². The number of aromatic amines is 1. The van der Waals surface area contributed by atoms with Crippen molar-refractivity contribution in [3.63, 3.8) is 0 Å². The summed E-state index contributed by atoms with van der Waals surface area (Å²) in [4.78, 5) is 0. The van der Waals surface area contributed by atoms with E-state index in [4.69, 9.17) is 10.5 Å². The molecule has 106 valence electrons. The van der Waals surface area contributed by atoms with Crippen molar-refractivity contribution in [2.24, 2.45) is 0 Å². The van der Waals surface area contributed by atoms with Crippen molar-refractivity contribution >= 4 is 21.7 Å². The first kappa shape index (κ1) is 13.5. The number of nitrogens with two attached hydrogens (primary N) is 1. The second-order valence-corrected chi connectivity index (χ2v) is 5.97. The quantitative estimate of drug-likeness (QED) is 0.822. The maximum Gasteiger partial charge on any atom is 0.145 e. The molecular formula is C15H18BrN3O. The second-order valence-electron chi connectivity index (χ2n) is 5.18. The van der Waals surface area contributed by atoms with E-state index in [1.54, 1.807) is 7.11 Å². The Morgan fingerprint density at radius 2 is 2.05 bits per heavy atom. The maximum absolute atomic E-state index is 5.71. The van der Waals surface area contributed by atoms with Gasteiger partial charge in [-0.1, -0.05) is 6.42 Å². The van der Waals surface area contributed by atoms with Crippen LogP contribution in [0, 0.1) is 0 Å². The minimum atomic E-state index is 0.494. The van der Waals surface area contributed by atoms with Crippen molar-refractivity contribution in [3.8, 4) is 17.0 Å². The first-order valence-corrected chi connectivity index (χ1v) is 7.69. The molecule has 20 heavy (non-hydrogen) atoms. The average Bonchev–Trinajstić information content (AvgIpc) is 2.73. The summed E-state index contributed by atoms with van der Waals surface area (Å²) in [6.07, 6.45) is 6.00. The number of hydrogen-bond donors (Lipinski definition) is 2. The van der Waals surface area contributed by atoms with Crippen LogP contribution < -0.4 is 10.5 Å². The fraction of sp³-hybridized carbons (Fsp3) is 0.400. The molecule has 2 aromatic rings. The normalized spacial score (nSPS) is 14.7. The Kier molecular flexibility index (Phi) is 3.70. The van der Waals surface area contributed by atoms with Gasteiger partial charge in [0.05, 0.1) is 17.3 Å². The predicted molar refractivity (Wildman–Crippen MR) is 83.9 cm³/mol. The molecule has 0 fully saturated rings. The summed E-state index contributed by atoms with van der Waals surface area (Å²) in [5.41, 5.74) is 10.4. The molecule has 3 rings (SSSR count). The molecule has 0 amide bonds. The maximum atomic E-state index is 5.71. The van der Waals surface area contributed by atoms with Crippen LogP contribution in [0.5, 0.6) is 5.75 Å². The monoisotopic (exact) mass is 335 g/mol. The number of H-pyrrole nitrogens is 1. The third kappa shape index (κ3) is 2.30. The molecule has 0 bridgehead atoms. The molecule has 0 saturated carbocycles. The number of halogens is 1. The molecule has 1 aliphatic carbocycles. The predicted octanol–water partition coefficient (Wildman–Crippen LogP) is 3.70. The summed E-state index contributed by atoms with van der Waals surface area (Å²) in [5.74, 6) is 1.35. The zero-order valence-corrected chi connectivity index (χ0v) is 13.1.